The molecule has 0 saturated carbocycles. The van der Waals surface area contributed by atoms with Crippen LogP contribution in [0.1, 0.15) is 41.5 Å². The van der Waals surface area contributed by atoms with E-state index >= 15 is 0 Å². The Balaban J connectivity index is 1.80. The van der Waals surface area contributed by atoms with Gasteiger partial charge >= 0.3 is 0 Å². The maximum atomic E-state index is 12.2. The van der Waals surface area contributed by atoms with Gasteiger partial charge in [-0.05, 0) is 49.9 Å². The molecule has 0 radical (unpaired) electrons. The molecule has 1 aliphatic heterocycles. The highest BCUT2D eigenvalue weighted by molar-refractivity contribution is 6.28. The number of fused-ring (bicyclic) bond motifs is 1. The molecule has 0 aliphatic carbocycles. The van der Waals surface area contributed by atoms with Crippen molar-refractivity contribution in [3.05, 3.63) is 40.8 Å². The van der Waals surface area contributed by atoms with Crippen LogP contribution in [0.25, 0.3) is 11.0 Å². The predicted molar refractivity (Wildman–Crippen MR) is 107 cm³/mol. The molecule has 1 aliphatic rings. The largest absolute Gasteiger partial charge is 0.356 e. The first-order valence-electron chi connectivity index (χ1n) is 9.20. The minimum absolute atomic E-state index is 0.101. The van der Waals surface area contributed by atoms with E-state index in [1.54, 1.807) is 17.8 Å². The molecule has 2 aromatic heterocycles. The van der Waals surface area contributed by atoms with E-state index in [2.05, 4.69) is 25.7 Å². The zero-order chi connectivity index (χ0) is 19.7. The highest BCUT2D eigenvalue weighted by Gasteiger charge is 2.24. The van der Waals surface area contributed by atoms with Gasteiger partial charge < -0.3 is 15.4 Å². The maximum absolute atomic E-state index is 12.2. The van der Waals surface area contributed by atoms with Gasteiger partial charge in [0, 0.05) is 13.7 Å². The fraction of sp³-hybridized carbons (Fsp3) is 0.368. The molecule has 1 saturated heterocycles. The Kier molecular flexibility index (Phi) is 5.15. The van der Waals surface area contributed by atoms with Crippen LogP contribution >= 0.6 is 11.6 Å². The number of hydrogen-bond acceptors (Lipinski definition) is 6. The van der Waals surface area contributed by atoms with E-state index in [0.29, 0.717) is 29.3 Å². The van der Waals surface area contributed by atoms with Crippen molar-refractivity contribution in [2.45, 2.75) is 32.4 Å². The van der Waals surface area contributed by atoms with Crippen molar-refractivity contribution in [1.82, 2.24) is 25.1 Å². The van der Waals surface area contributed by atoms with Gasteiger partial charge in [0.05, 0.1) is 22.3 Å². The number of carbonyl (C=O) groups excluding carboxylic acids is 1. The summed E-state index contributed by atoms with van der Waals surface area (Å²) < 4.78 is 7.66. The molecule has 1 aromatic carbocycles. The van der Waals surface area contributed by atoms with Crippen LogP contribution in [0.3, 0.4) is 0 Å². The molecule has 2 N–H and O–H groups in total. The Labute approximate surface area is 167 Å². The molecule has 8 nitrogen and oxygen atoms in total. The summed E-state index contributed by atoms with van der Waals surface area (Å²) in [5.41, 5.74) is 2.51. The Morgan fingerprint density at radius 2 is 2.11 bits per heavy atom. The number of aryl methyl sites for hydroxylation is 1. The Morgan fingerprint density at radius 1 is 1.29 bits per heavy atom. The van der Waals surface area contributed by atoms with Crippen molar-refractivity contribution in [2.75, 3.05) is 19.0 Å². The summed E-state index contributed by atoms with van der Waals surface area (Å²) in [6.07, 6.45) is 2.84. The summed E-state index contributed by atoms with van der Waals surface area (Å²) in [5, 5.41) is 11.4. The monoisotopic (exact) mass is 400 g/mol. The molecule has 0 spiro atoms. The van der Waals surface area contributed by atoms with Gasteiger partial charge in [0.1, 0.15) is 5.82 Å². The number of para-hydroxylation sites is 1. The van der Waals surface area contributed by atoms with E-state index in [1.807, 2.05) is 25.1 Å². The van der Waals surface area contributed by atoms with Crippen molar-refractivity contribution in [1.29, 1.82) is 0 Å². The highest BCUT2D eigenvalue weighted by atomic mass is 35.5. The second-order valence-electron chi connectivity index (χ2n) is 6.64. The Hall–Kier alpha value is -2.71. The van der Waals surface area contributed by atoms with E-state index in [0.717, 1.165) is 30.3 Å². The molecule has 0 bridgehead atoms. The number of nitrogens with zero attached hydrogens (tertiary/aromatic N) is 4. The first-order valence-corrected chi connectivity index (χ1v) is 9.58. The number of amides is 1. The van der Waals surface area contributed by atoms with Gasteiger partial charge in [-0.3, -0.25) is 4.79 Å². The number of benzene rings is 1. The van der Waals surface area contributed by atoms with Gasteiger partial charge in [-0.1, -0.05) is 12.1 Å². The van der Waals surface area contributed by atoms with E-state index in [-0.39, 0.29) is 17.4 Å². The molecule has 4 rings (SSSR count). The summed E-state index contributed by atoms with van der Waals surface area (Å²) in [5.74, 6) is 0.313. The SMILES string of the molecule is CNC(=O)c1ccccc1Nc1nc(Cl)nc2c1c(C)nn2[C@H]1CCCCO1. The quantitative estimate of drug-likeness (QED) is 0.650. The zero-order valence-electron chi connectivity index (χ0n) is 15.7. The van der Waals surface area contributed by atoms with Gasteiger partial charge in [-0.15, -0.1) is 0 Å². The average Bonchev–Trinajstić information content (AvgIpc) is 3.05. The zero-order valence-corrected chi connectivity index (χ0v) is 16.5. The van der Waals surface area contributed by atoms with E-state index in [4.69, 9.17) is 16.3 Å². The number of aromatic nitrogens is 4. The summed E-state index contributed by atoms with van der Waals surface area (Å²) in [6.45, 7) is 2.60. The normalized spacial score (nSPS) is 16.9. The van der Waals surface area contributed by atoms with E-state index in [1.165, 1.54) is 0 Å². The maximum Gasteiger partial charge on any atom is 0.253 e. The third-order valence-electron chi connectivity index (χ3n) is 4.78. The van der Waals surface area contributed by atoms with Crippen LogP contribution in [-0.2, 0) is 4.74 Å². The van der Waals surface area contributed by atoms with Crippen LogP contribution in [0.5, 0.6) is 0 Å². The van der Waals surface area contributed by atoms with Crippen LogP contribution in [-0.4, -0.2) is 39.3 Å². The van der Waals surface area contributed by atoms with Gasteiger partial charge in [-0.2, -0.15) is 15.1 Å². The minimum Gasteiger partial charge on any atom is -0.356 e. The van der Waals surface area contributed by atoms with Crippen molar-refractivity contribution < 1.29 is 9.53 Å². The second-order valence-corrected chi connectivity index (χ2v) is 6.98. The molecular formula is C19H21ClN6O2. The molecule has 1 amide bonds. The van der Waals surface area contributed by atoms with E-state index < -0.39 is 0 Å². The van der Waals surface area contributed by atoms with Crippen LogP contribution in [0, 0.1) is 6.92 Å². The Bertz CT molecular complexity index is 1030. The first-order chi connectivity index (χ1) is 13.6. The predicted octanol–water partition coefficient (Wildman–Crippen LogP) is 3.59. The number of halogens is 1. The molecule has 3 heterocycles. The van der Waals surface area contributed by atoms with Gasteiger partial charge in [0.2, 0.25) is 5.28 Å². The van der Waals surface area contributed by atoms with Crippen molar-refractivity contribution >= 4 is 40.0 Å². The number of hydrogen-bond donors (Lipinski definition) is 2. The smallest absolute Gasteiger partial charge is 0.253 e. The molecule has 146 valence electrons. The summed E-state index contributed by atoms with van der Waals surface area (Å²) in [7, 11) is 1.59. The number of carbonyl (C=O) groups is 1. The Morgan fingerprint density at radius 3 is 2.86 bits per heavy atom. The fourth-order valence-corrected chi connectivity index (χ4v) is 3.61. The fourth-order valence-electron chi connectivity index (χ4n) is 3.44. The molecule has 3 aromatic rings. The number of anilines is 2. The molecule has 1 fully saturated rings. The highest BCUT2D eigenvalue weighted by Crippen LogP contribution is 2.32. The summed E-state index contributed by atoms with van der Waals surface area (Å²) in [4.78, 5) is 21.0. The van der Waals surface area contributed by atoms with Crippen molar-refractivity contribution in [2.24, 2.45) is 0 Å². The summed E-state index contributed by atoms with van der Waals surface area (Å²) in [6, 6.07) is 7.21. The number of ether oxygens (including phenoxy) is 1. The lowest BCUT2D eigenvalue weighted by Gasteiger charge is -2.23. The molecule has 0 unspecified atom stereocenters. The molecule has 28 heavy (non-hydrogen) atoms. The molecular weight excluding hydrogens is 380 g/mol. The van der Waals surface area contributed by atoms with Crippen molar-refractivity contribution in [3.8, 4) is 0 Å². The molecule has 1 atom stereocenters. The number of nitrogens with one attached hydrogen (secondary N) is 2. The van der Waals surface area contributed by atoms with Gasteiger partial charge in [0.25, 0.3) is 5.91 Å². The second kappa shape index (κ2) is 7.73. The van der Waals surface area contributed by atoms with Crippen molar-refractivity contribution in [3.63, 3.8) is 0 Å². The minimum atomic E-state index is -0.192. The lowest BCUT2D eigenvalue weighted by Crippen LogP contribution is -2.20. The summed E-state index contributed by atoms with van der Waals surface area (Å²) >= 11 is 6.22. The van der Waals surface area contributed by atoms with Crippen LogP contribution in [0.2, 0.25) is 5.28 Å². The van der Waals surface area contributed by atoms with Crippen LogP contribution < -0.4 is 10.6 Å². The third kappa shape index (κ3) is 3.41. The standard InChI is InChI=1S/C19H21ClN6O2/c1-11-15-16(22-13-8-4-3-7-12(13)18(27)21-2)23-19(20)24-17(15)26(25-11)14-9-5-6-10-28-14/h3-4,7-8,14H,5-6,9-10H2,1-2H3,(H,21,27)(H,22,23,24)/t14-/m1/s1. The van der Waals surface area contributed by atoms with Gasteiger partial charge in [0.15, 0.2) is 11.9 Å². The topological polar surface area (TPSA) is 94.0 Å². The van der Waals surface area contributed by atoms with Crippen LogP contribution in [0.4, 0.5) is 11.5 Å². The lowest BCUT2D eigenvalue weighted by atomic mass is 10.1. The van der Waals surface area contributed by atoms with Gasteiger partial charge in [-0.25, -0.2) is 4.68 Å². The molecule has 9 heteroatoms. The average molecular weight is 401 g/mol. The number of rotatable bonds is 4. The third-order valence-corrected chi connectivity index (χ3v) is 4.95. The lowest BCUT2D eigenvalue weighted by molar-refractivity contribution is -0.0371. The van der Waals surface area contributed by atoms with Crippen LogP contribution in [0.15, 0.2) is 24.3 Å². The van der Waals surface area contributed by atoms with E-state index in [9.17, 15) is 4.79 Å². The first kappa shape index (κ1) is 18.6.